The van der Waals surface area contributed by atoms with Crippen molar-refractivity contribution in [3.8, 4) is 11.3 Å². The molecule has 2 aliphatic rings. The van der Waals surface area contributed by atoms with E-state index in [1.807, 2.05) is 0 Å². The number of carbonyl (C=O) groups is 3. The predicted molar refractivity (Wildman–Crippen MR) is 110 cm³/mol. The number of esters is 2. The highest BCUT2D eigenvalue weighted by atomic mass is 32.1. The Balaban J connectivity index is 1.83. The summed E-state index contributed by atoms with van der Waals surface area (Å²) in [5.74, 6) is -0.702. The van der Waals surface area contributed by atoms with Gasteiger partial charge in [0.1, 0.15) is 16.4 Å². The van der Waals surface area contributed by atoms with Gasteiger partial charge in [-0.15, -0.1) is 11.3 Å². The smallest absolute Gasteiger partial charge is 0.348 e. The molecular weight excluding hydrogens is 406 g/mol. The second-order valence-corrected chi connectivity index (χ2v) is 8.03. The molecule has 0 spiro atoms. The second kappa shape index (κ2) is 7.95. The lowest BCUT2D eigenvalue weighted by atomic mass is 9.77. The number of rotatable bonds is 4. The monoisotopic (exact) mass is 427 g/mol. The van der Waals surface area contributed by atoms with Crippen molar-refractivity contribution in [1.82, 2.24) is 5.32 Å². The van der Waals surface area contributed by atoms with Gasteiger partial charge in [0.05, 0.1) is 25.7 Å². The SMILES string of the molecule is COC(=O)C1=C(C)NC2=C(C(=O)CCC2)[C@H]1c1ccc(-c2ccsc2C(=O)OC)o1. The first-order valence-corrected chi connectivity index (χ1v) is 10.4. The number of Topliss-reactive ketones (excluding diaryl/α,β-unsaturated/α-hetero) is 1. The number of nitrogens with one attached hydrogen (secondary N) is 1. The standard InChI is InChI=1S/C22H21NO6S/c1-11-17(21(25)27-2)19(18-13(23-11)5-4-6-14(18)24)16-8-7-15(29-16)12-9-10-30-20(12)22(26)28-3/h7-10,19,23H,4-6H2,1-3H3/t19-/m0/s1. The Bertz CT molecular complexity index is 1100. The van der Waals surface area contributed by atoms with Crippen LogP contribution in [0.4, 0.5) is 0 Å². The molecule has 0 unspecified atom stereocenters. The average Bonchev–Trinajstić information content (AvgIpc) is 3.41. The quantitative estimate of drug-likeness (QED) is 0.739. The Morgan fingerprint density at radius 1 is 1.13 bits per heavy atom. The van der Waals surface area contributed by atoms with Crippen molar-refractivity contribution in [2.75, 3.05) is 14.2 Å². The maximum absolute atomic E-state index is 12.8. The Labute approximate surface area is 177 Å². The Morgan fingerprint density at radius 3 is 2.63 bits per heavy atom. The van der Waals surface area contributed by atoms with Crippen molar-refractivity contribution in [3.05, 3.63) is 56.8 Å². The van der Waals surface area contributed by atoms with E-state index < -0.39 is 17.9 Å². The van der Waals surface area contributed by atoms with Crippen molar-refractivity contribution in [2.45, 2.75) is 32.1 Å². The molecule has 0 aromatic carbocycles. The zero-order valence-corrected chi connectivity index (χ0v) is 17.7. The Morgan fingerprint density at radius 2 is 1.90 bits per heavy atom. The molecule has 2 aromatic rings. The molecule has 1 N–H and O–H groups in total. The van der Waals surface area contributed by atoms with Crippen LogP contribution in [0.3, 0.4) is 0 Å². The van der Waals surface area contributed by atoms with Crippen LogP contribution in [-0.2, 0) is 19.1 Å². The number of hydrogen-bond donors (Lipinski definition) is 1. The first-order chi connectivity index (χ1) is 14.5. The van der Waals surface area contributed by atoms with Crippen LogP contribution < -0.4 is 5.32 Å². The summed E-state index contributed by atoms with van der Waals surface area (Å²) in [4.78, 5) is 37.9. The van der Waals surface area contributed by atoms with Crippen LogP contribution in [0, 0.1) is 0 Å². The minimum absolute atomic E-state index is 0.00798. The first-order valence-electron chi connectivity index (χ1n) is 9.54. The minimum Gasteiger partial charge on any atom is -0.466 e. The fourth-order valence-corrected chi connectivity index (χ4v) is 4.87. The molecule has 1 aliphatic heterocycles. The molecule has 2 aromatic heterocycles. The summed E-state index contributed by atoms with van der Waals surface area (Å²) >= 11 is 1.26. The fraction of sp³-hybridized carbons (Fsp3) is 0.318. The number of hydrogen-bond acceptors (Lipinski definition) is 8. The summed E-state index contributed by atoms with van der Waals surface area (Å²) in [5.41, 5.74) is 2.98. The maximum atomic E-state index is 12.8. The fourth-order valence-electron chi connectivity index (χ4n) is 4.06. The van der Waals surface area contributed by atoms with E-state index in [0.717, 1.165) is 18.5 Å². The van der Waals surface area contributed by atoms with Gasteiger partial charge >= 0.3 is 11.9 Å². The van der Waals surface area contributed by atoms with Gasteiger partial charge in [0.25, 0.3) is 0 Å². The third kappa shape index (κ3) is 3.27. The van der Waals surface area contributed by atoms with Gasteiger partial charge in [-0.05, 0) is 43.3 Å². The molecule has 0 saturated carbocycles. The summed E-state index contributed by atoms with van der Waals surface area (Å²) in [6.45, 7) is 1.79. The summed E-state index contributed by atoms with van der Waals surface area (Å²) in [5, 5.41) is 5.00. The molecule has 3 heterocycles. The number of ether oxygens (including phenoxy) is 2. The van der Waals surface area contributed by atoms with E-state index in [-0.39, 0.29) is 5.78 Å². The molecule has 4 rings (SSSR count). The highest BCUT2D eigenvalue weighted by molar-refractivity contribution is 7.12. The van der Waals surface area contributed by atoms with E-state index in [1.165, 1.54) is 25.6 Å². The number of thiophene rings is 1. The molecule has 7 nitrogen and oxygen atoms in total. The molecule has 0 saturated heterocycles. The van der Waals surface area contributed by atoms with E-state index in [2.05, 4.69) is 5.32 Å². The maximum Gasteiger partial charge on any atom is 0.348 e. The minimum atomic E-state index is -0.657. The lowest BCUT2D eigenvalue weighted by molar-refractivity contribution is -0.136. The molecule has 1 aliphatic carbocycles. The van der Waals surface area contributed by atoms with E-state index in [0.29, 0.717) is 45.2 Å². The van der Waals surface area contributed by atoms with Gasteiger partial charge in [0.15, 0.2) is 5.78 Å². The number of methoxy groups -OCH3 is 2. The molecule has 0 radical (unpaired) electrons. The summed E-state index contributed by atoms with van der Waals surface area (Å²) < 4.78 is 16.0. The normalized spacial score (nSPS) is 18.8. The van der Waals surface area contributed by atoms with Gasteiger partial charge in [0.2, 0.25) is 0 Å². The van der Waals surface area contributed by atoms with E-state index in [4.69, 9.17) is 13.9 Å². The third-order valence-corrected chi connectivity index (χ3v) is 6.29. The van der Waals surface area contributed by atoms with Crippen LogP contribution >= 0.6 is 11.3 Å². The van der Waals surface area contributed by atoms with Crippen molar-refractivity contribution in [2.24, 2.45) is 0 Å². The van der Waals surface area contributed by atoms with Gasteiger partial charge < -0.3 is 19.2 Å². The first kappa shape index (κ1) is 20.2. The Kier molecular flexibility index (Phi) is 5.34. The van der Waals surface area contributed by atoms with Gasteiger partial charge in [-0.1, -0.05) is 0 Å². The largest absolute Gasteiger partial charge is 0.466 e. The lowest BCUT2D eigenvalue weighted by Gasteiger charge is -2.32. The lowest BCUT2D eigenvalue weighted by Crippen LogP contribution is -2.34. The molecule has 1 atom stereocenters. The van der Waals surface area contributed by atoms with Gasteiger partial charge in [-0.25, -0.2) is 9.59 Å². The molecule has 30 heavy (non-hydrogen) atoms. The van der Waals surface area contributed by atoms with E-state index in [9.17, 15) is 14.4 Å². The molecular formula is C22H21NO6S. The molecule has 156 valence electrons. The highest BCUT2D eigenvalue weighted by Gasteiger charge is 2.40. The van der Waals surface area contributed by atoms with Crippen LogP contribution in [0.1, 0.15) is 47.5 Å². The van der Waals surface area contributed by atoms with Crippen LogP contribution in [0.2, 0.25) is 0 Å². The number of dihydropyridines is 1. The summed E-state index contributed by atoms with van der Waals surface area (Å²) in [6, 6.07) is 5.26. The molecule has 0 amide bonds. The Hall–Kier alpha value is -3.13. The predicted octanol–water partition coefficient (Wildman–Crippen LogP) is 3.94. The van der Waals surface area contributed by atoms with Crippen molar-refractivity contribution in [3.63, 3.8) is 0 Å². The van der Waals surface area contributed by atoms with Crippen LogP contribution in [0.15, 0.2) is 50.5 Å². The van der Waals surface area contributed by atoms with Gasteiger partial charge in [0, 0.05) is 29.0 Å². The topological polar surface area (TPSA) is 94.8 Å². The molecule has 0 bridgehead atoms. The van der Waals surface area contributed by atoms with E-state index >= 15 is 0 Å². The van der Waals surface area contributed by atoms with Gasteiger partial charge in [-0.2, -0.15) is 0 Å². The third-order valence-electron chi connectivity index (χ3n) is 5.39. The zero-order chi connectivity index (χ0) is 21.4. The zero-order valence-electron chi connectivity index (χ0n) is 16.9. The molecule has 8 heteroatoms. The number of ketones is 1. The van der Waals surface area contributed by atoms with Crippen LogP contribution in [-0.4, -0.2) is 31.9 Å². The number of carbonyl (C=O) groups excluding carboxylic acids is 3. The summed E-state index contributed by atoms with van der Waals surface area (Å²) in [6.07, 6.45) is 1.92. The number of allylic oxidation sites excluding steroid dienone is 3. The average molecular weight is 427 g/mol. The van der Waals surface area contributed by atoms with Gasteiger partial charge in [-0.3, -0.25) is 4.79 Å². The van der Waals surface area contributed by atoms with Crippen molar-refractivity contribution in [1.29, 1.82) is 0 Å². The molecule has 0 fully saturated rings. The van der Waals surface area contributed by atoms with Crippen molar-refractivity contribution >= 4 is 29.1 Å². The van der Waals surface area contributed by atoms with E-state index in [1.54, 1.807) is 30.5 Å². The van der Waals surface area contributed by atoms with Crippen molar-refractivity contribution < 1.29 is 28.3 Å². The van der Waals surface area contributed by atoms with Crippen LogP contribution in [0.25, 0.3) is 11.3 Å². The number of furan rings is 1. The van der Waals surface area contributed by atoms with Crippen LogP contribution in [0.5, 0.6) is 0 Å². The highest BCUT2D eigenvalue weighted by Crippen LogP contribution is 2.44. The second-order valence-electron chi connectivity index (χ2n) is 7.11. The summed E-state index contributed by atoms with van der Waals surface area (Å²) in [7, 11) is 2.64.